The number of hydrogen-bond donors (Lipinski definition) is 2. The second kappa shape index (κ2) is 9.70. The first kappa shape index (κ1) is 16.9. The normalized spacial score (nSPS) is 10.9. The summed E-state index contributed by atoms with van der Waals surface area (Å²) in [6.07, 6.45) is 10.2. The minimum atomic E-state index is 0.264. The Kier molecular flexibility index (Phi) is 8.19. The molecule has 4 heteroatoms. The van der Waals surface area contributed by atoms with Crippen molar-refractivity contribution in [1.82, 2.24) is 9.97 Å². The summed E-state index contributed by atoms with van der Waals surface area (Å²) in [6, 6.07) is 0. The Labute approximate surface area is 122 Å². The lowest BCUT2D eigenvalue weighted by Gasteiger charge is -2.07. The molecule has 0 aromatic carbocycles. The number of aryl methyl sites for hydroxylation is 3. The summed E-state index contributed by atoms with van der Waals surface area (Å²) >= 11 is 0. The third-order valence-corrected chi connectivity index (χ3v) is 3.56. The molecule has 0 spiro atoms. The van der Waals surface area contributed by atoms with Crippen LogP contribution >= 0.6 is 0 Å². The molecule has 0 aliphatic heterocycles. The molecular formula is C16H28N2O2. The van der Waals surface area contributed by atoms with Gasteiger partial charge in [0.15, 0.2) is 5.75 Å². The number of nitrogens with zero attached hydrogens (tertiary/aromatic N) is 2. The Balaban J connectivity index is 2.13. The zero-order valence-electron chi connectivity index (χ0n) is 12.9. The number of aliphatic hydroxyl groups excluding tert-OH is 1. The van der Waals surface area contributed by atoms with Crippen LogP contribution < -0.4 is 0 Å². The Morgan fingerprint density at radius 1 is 0.800 bits per heavy atom. The van der Waals surface area contributed by atoms with Crippen LogP contribution in [0.2, 0.25) is 0 Å². The van der Waals surface area contributed by atoms with Crippen LogP contribution in [-0.4, -0.2) is 26.8 Å². The Bertz CT molecular complexity index is 394. The standard InChI is InChI=1S/C16H28N2O2/c1-13-16(20)15(18-14(2)17-13)11-9-7-5-3-4-6-8-10-12-19/h19-20H,3-12H2,1-2H3. The van der Waals surface area contributed by atoms with E-state index in [1.54, 1.807) is 0 Å². The molecule has 1 heterocycles. The van der Waals surface area contributed by atoms with Crippen LogP contribution in [0.4, 0.5) is 0 Å². The molecule has 0 saturated heterocycles. The summed E-state index contributed by atoms with van der Waals surface area (Å²) in [6.45, 7) is 4.00. The van der Waals surface area contributed by atoms with Crippen molar-refractivity contribution in [2.24, 2.45) is 0 Å². The fourth-order valence-electron chi connectivity index (χ4n) is 2.42. The van der Waals surface area contributed by atoms with Gasteiger partial charge in [0.2, 0.25) is 0 Å². The Hall–Kier alpha value is -1.16. The first-order valence-corrected chi connectivity index (χ1v) is 7.79. The van der Waals surface area contributed by atoms with E-state index in [-0.39, 0.29) is 5.75 Å². The Morgan fingerprint density at radius 3 is 1.95 bits per heavy atom. The highest BCUT2D eigenvalue weighted by Gasteiger charge is 2.08. The average molecular weight is 280 g/mol. The van der Waals surface area contributed by atoms with E-state index in [4.69, 9.17) is 5.11 Å². The van der Waals surface area contributed by atoms with Gasteiger partial charge in [-0.05, 0) is 33.1 Å². The minimum Gasteiger partial charge on any atom is -0.504 e. The number of rotatable bonds is 10. The van der Waals surface area contributed by atoms with Crippen molar-refractivity contribution in [1.29, 1.82) is 0 Å². The van der Waals surface area contributed by atoms with Gasteiger partial charge in [0.05, 0.1) is 11.4 Å². The van der Waals surface area contributed by atoms with E-state index in [2.05, 4.69) is 9.97 Å². The van der Waals surface area contributed by atoms with Crippen LogP contribution in [0.25, 0.3) is 0 Å². The fraction of sp³-hybridized carbons (Fsp3) is 0.750. The maximum Gasteiger partial charge on any atom is 0.158 e. The number of unbranched alkanes of at least 4 members (excludes halogenated alkanes) is 7. The van der Waals surface area contributed by atoms with Gasteiger partial charge in [0.1, 0.15) is 5.82 Å². The summed E-state index contributed by atoms with van der Waals surface area (Å²) in [5.74, 6) is 0.999. The zero-order chi connectivity index (χ0) is 14.8. The van der Waals surface area contributed by atoms with Crippen LogP contribution in [0.15, 0.2) is 0 Å². The topological polar surface area (TPSA) is 66.2 Å². The van der Waals surface area contributed by atoms with Gasteiger partial charge in [-0.2, -0.15) is 0 Å². The van der Waals surface area contributed by atoms with Crippen molar-refractivity contribution in [2.45, 2.75) is 71.6 Å². The molecule has 4 nitrogen and oxygen atoms in total. The van der Waals surface area contributed by atoms with Gasteiger partial charge in [-0.3, -0.25) is 0 Å². The minimum absolute atomic E-state index is 0.264. The zero-order valence-corrected chi connectivity index (χ0v) is 12.9. The lowest BCUT2D eigenvalue weighted by atomic mass is 10.1. The van der Waals surface area contributed by atoms with Crippen LogP contribution in [0.3, 0.4) is 0 Å². The van der Waals surface area contributed by atoms with Crippen molar-refractivity contribution in [3.63, 3.8) is 0 Å². The number of aromatic nitrogens is 2. The van der Waals surface area contributed by atoms with Crippen LogP contribution in [0.5, 0.6) is 5.75 Å². The largest absolute Gasteiger partial charge is 0.504 e. The highest BCUT2D eigenvalue weighted by Crippen LogP contribution is 2.20. The second-order valence-corrected chi connectivity index (χ2v) is 5.45. The predicted octanol–water partition coefficient (Wildman–Crippen LogP) is 3.45. The molecular weight excluding hydrogens is 252 g/mol. The molecule has 0 aliphatic carbocycles. The number of hydrogen-bond acceptors (Lipinski definition) is 4. The second-order valence-electron chi connectivity index (χ2n) is 5.45. The third-order valence-electron chi connectivity index (χ3n) is 3.56. The molecule has 0 amide bonds. The summed E-state index contributed by atoms with van der Waals surface area (Å²) in [5, 5.41) is 18.6. The van der Waals surface area contributed by atoms with E-state index < -0.39 is 0 Å². The van der Waals surface area contributed by atoms with E-state index in [9.17, 15) is 5.11 Å². The number of aromatic hydroxyl groups is 1. The summed E-state index contributed by atoms with van der Waals surface area (Å²) in [7, 11) is 0. The molecule has 0 saturated carbocycles. The molecule has 20 heavy (non-hydrogen) atoms. The number of aliphatic hydroxyl groups is 1. The van der Waals surface area contributed by atoms with E-state index >= 15 is 0 Å². The van der Waals surface area contributed by atoms with Gasteiger partial charge in [0.25, 0.3) is 0 Å². The van der Waals surface area contributed by atoms with Gasteiger partial charge in [-0.25, -0.2) is 9.97 Å². The molecule has 0 atom stereocenters. The molecule has 114 valence electrons. The van der Waals surface area contributed by atoms with E-state index in [0.717, 1.165) is 37.2 Å². The maximum absolute atomic E-state index is 9.90. The fourth-order valence-corrected chi connectivity index (χ4v) is 2.42. The predicted molar refractivity (Wildman–Crippen MR) is 80.9 cm³/mol. The van der Waals surface area contributed by atoms with E-state index in [1.165, 1.54) is 32.1 Å². The molecule has 0 fully saturated rings. The highest BCUT2D eigenvalue weighted by molar-refractivity contribution is 5.30. The van der Waals surface area contributed by atoms with Crippen LogP contribution in [0, 0.1) is 13.8 Å². The summed E-state index contributed by atoms with van der Waals surface area (Å²) in [4.78, 5) is 8.46. The molecule has 0 radical (unpaired) electrons. The lowest BCUT2D eigenvalue weighted by molar-refractivity contribution is 0.282. The quantitative estimate of drug-likeness (QED) is 0.644. The molecule has 1 aromatic heterocycles. The van der Waals surface area contributed by atoms with E-state index in [1.807, 2.05) is 13.8 Å². The van der Waals surface area contributed by atoms with Gasteiger partial charge in [0, 0.05) is 6.61 Å². The van der Waals surface area contributed by atoms with Crippen molar-refractivity contribution in [3.05, 3.63) is 17.2 Å². The molecule has 0 bridgehead atoms. The molecule has 2 N–H and O–H groups in total. The molecule has 1 rings (SSSR count). The smallest absolute Gasteiger partial charge is 0.158 e. The van der Waals surface area contributed by atoms with Gasteiger partial charge in [-0.1, -0.05) is 38.5 Å². The lowest BCUT2D eigenvalue weighted by Crippen LogP contribution is -1.99. The summed E-state index contributed by atoms with van der Waals surface area (Å²) < 4.78 is 0. The van der Waals surface area contributed by atoms with Crippen molar-refractivity contribution >= 4 is 0 Å². The Morgan fingerprint density at radius 2 is 1.35 bits per heavy atom. The van der Waals surface area contributed by atoms with Crippen molar-refractivity contribution < 1.29 is 10.2 Å². The first-order valence-electron chi connectivity index (χ1n) is 7.79. The third kappa shape index (κ3) is 6.33. The first-order chi connectivity index (χ1) is 9.65. The van der Waals surface area contributed by atoms with Crippen molar-refractivity contribution in [2.75, 3.05) is 6.61 Å². The molecule has 0 unspecified atom stereocenters. The van der Waals surface area contributed by atoms with Crippen LogP contribution in [-0.2, 0) is 6.42 Å². The van der Waals surface area contributed by atoms with Gasteiger partial charge >= 0.3 is 0 Å². The molecule has 1 aromatic rings. The molecule has 0 aliphatic rings. The van der Waals surface area contributed by atoms with Crippen LogP contribution in [0.1, 0.15) is 68.6 Å². The average Bonchev–Trinajstić information content (AvgIpc) is 2.42. The maximum atomic E-state index is 9.90. The SMILES string of the molecule is Cc1nc(C)c(O)c(CCCCCCCCCCO)n1. The van der Waals surface area contributed by atoms with Gasteiger partial charge in [-0.15, -0.1) is 0 Å². The highest BCUT2D eigenvalue weighted by atomic mass is 16.3. The van der Waals surface area contributed by atoms with Gasteiger partial charge < -0.3 is 10.2 Å². The van der Waals surface area contributed by atoms with E-state index in [0.29, 0.717) is 12.3 Å². The van der Waals surface area contributed by atoms with Crippen molar-refractivity contribution in [3.8, 4) is 5.75 Å². The summed E-state index contributed by atoms with van der Waals surface area (Å²) in [5.41, 5.74) is 1.47. The monoisotopic (exact) mass is 280 g/mol.